The van der Waals surface area contributed by atoms with Crippen LogP contribution in [0.5, 0.6) is 0 Å². The smallest absolute Gasteiger partial charge is 0.254 e. The van der Waals surface area contributed by atoms with E-state index in [0.29, 0.717) is 40.6 Å². The summed E-state index contributed by atoms with van der Waals surface area (Å²) in [5, 5.41) is 28.3. The van der Waals surface area contributed by atoms with Gasteiger partial charge in [0.1, 0.15) is 27.9 Å². The maximum Gasteiger partial charge on any atom is 0.254 e. The molecule has 2 fully saturated rings. The Morgan fingerprint density at radius 3 is 2.43 bits per heavy atom. The Hall–Kier alpha value is -3.91. The van der Waals surface area contributed by atoms with E-state index in [9.17, 15) is 19.6 Å². The van der Waals surface area contributed by atoms with Crippen molar-refractivity contribution >= 4 is 28.5 Å². The van der Waals surface area contributed by atoms with Crippen LogP contribution in [-0.2, 0) is 6.54 Å². The predicted octanol–water partition coefficient (Wildman–Crippen LogP) is 6.21. The van der Waals surface area contributed by atoms with E-state index in [0.717, 1.165) is 25.7 Å². The Labute approximate surface area is 259 Å². The van der Waals surface area contributed by atoms with Gasteiger partial charge in [0, 0.05) is 29.3 Å². The molecule has 3 heterocycles. The third-order valence-electron chi connectivity index (χ3n) is 9.40. The number of hydrogen-bond acceptors (Lipinski definition) is 6. The molecule has 0 aliphatic carbocycles. The lowest BCUT2D eigenvalue weighted by Crippen LogP contribution is -2.50. The van der Waals surface area contributed by atoms with Crippen molar-refractivity contribution in [2.45, 2.75) is 82.6 Å². The van der Waals surface area contributed by atoms with Crippen LogP contribution in [-0.4, -0.2) is 54.6 Å². The van der Waals surface area contributed by atoms with E-state index in [-0.39, 0.29) is 52.2 Å². The minimum atomic E-state index is -1.06. The molecular formula is C33H33ClF2N6O2. The Bertz CT molecular complexity index is 1800. The molecule has 4 aromatic rings. The van der Waals surface area contributed by atoms with E-state index in [1.807, 2.05) is 24.8 Å². The van der Waals surface area contributed by atoms with Gasteiger partial charge < -0.3 is 15.7 Å². The number of rotatable bonds is 7. The number of benzene rings is 3. The average Bonchev–Trinajstić information content (AvgIpc) is 3.55. The summed E-state index contributed by atoms with van der Waals surface area (Å²) < 4.78 is 32.5. The van der Waals surface area contributed by atoms with Crippen LogP contribution >= 0.6 is 11.6 Å². The summed E-state index contributed by atoms with van der Waals surface area (Å²) in [4.78, 5) is 15.8. The molecule has 8 nitrogen and oxygen atoms in total. The number of halogens is 3. The average molecular weight is 619 g/mol. The Morgan fingerprint density at radius 1 is 1.09 bits per heavy atom. The monoisotopic (exact) mass is 618 g/mol. The topological polar surface area (TPSA) is 121 Å². The first-order valence-corrected chi connectivity index (χ1v) is 15.3. The maximum absolute atomic E-state index is 16.2. The molecule has 2 saturated heterocycles. The van der Waals surface area contributed by atoms with Crippen LogP contribution in [0.25, 0.3) is 33.3 Å². The SMILES string of the molecule is CCC(O)(CC)Cn1nnc2cc(-c3ccc(C(=O)N4[C@@H]5CC[C@H]4CC(N)C5)cc3-c3ccc(C#N)c(F)c3)c(F)c(Cl)c21. The number of fused-ring (bicyclic) bond motifs is 3. The molecule has 3 aromatic carbocycles. The van der Waals surface area contributed by atoms with Crippen molar-refractivity contribution in [3.05, 3.63) is 70.2 Å². The van der Waals surface area contributed by atoms with E-state index in [1.165, 1.54) is 22.9 Å². The fraction of sp³-hybridized carbons (Fsp3) is 0.394. The molecule has 2 aliphatic heterocycles. The van der Waals surface area contributed by atoms with Gasteiger partial charge in [0.05, 0.1) is 17.7 Å². The third-order valence-corrected chi connectivity index (χ3v) is 9.75. The number of amides is 1. The summed E-state index contributed by atoms with van der Waals surface area (Å²) in [6, 6.07) is 12.6. The standard InChI is InChI=1S/C33H33ClF2N6O2/c1-3-33(44,4-2)17-41-31-28(39-40-41)15-26(30(36)29(31)34)24-10-7-19(11-25(24)18-5-6-20(16-37)27(35)12-18)32(43)42-22-8-9-23(42)14-21(38)13-22/h5-7,10-12,15,21-23,44H,3-4,8-9,13-14,17,38H2,1-2H3/t21?,22-,23+. The van der Waals surface area contributed by atoms with Crippen LogP contribution in [0, 0.1) is 23.0 Å². The molecule has 3 N–H and O–H groups in total. The number of nitriles is 1. The third kappa shape index (κ3) is 5.13. The van der Waals surface area contributed by atoms with Crippen LogP contribution in [0.4, 0.5) is 8.78 Å². The zero-order valence-electron chi connectivity index (χ0n) is 24.5. The lowest BCUT2D eigenvalue weighted by atomic mass is 9.90. The molecular weight excluding hydrogens is 586 g/mol. The van der Waals surface area contributed by atoms with Gasteiger partial charge in [-0.05, 0) is 85.5 Å². The number of nitrogens with zero attached hydrogens (tertiary/aromatic N) is 5. The predicted molar refractivity (Wildman–Crippen MR) is 164 cm³/mol. The molecule has 6 rings (SSSR count). The van der Waals surface area contributed by atoms with Crippen LogP contribution in [0.2, 0.25) is 5.02 Å². The molecule has 3 atom stereocenters. The van der Waals surface area contributed by atoms with Crippen molar-refractivity contribution in [1.29, 1.82) is 5.26 Å². The fourth-order valence-electron chi connectivity index (χ4n) is 6.75. The minimum absolute atomic E-state index is 0.0612. The quantitative estimate of drug-likeness (QED) is 0.254. The Morgan fingerprint density at radius 2 is 1.80 bits per heavy atom. The van der Waals surface area contributed by atoms with Crippen LogP contribution in [0.3, 0.4) is 0 Å². The van der Waals surface area contributed by atoms with Crippen molar-refractivity contribution in [1.82, 2.24) is 19.9 Å². The van der Waals surface area contributed by atoms with Gasteiger partial charge in [0.25, 0.3) is 5.91 Å². The summed E-state index contributed by atoms with van der Waals surface area (Å²) in [6.45, 7) is 3.80. The highest BCUT2D eigenvalue weighted by molar-refractivity contribution is 6.35. The van der Waals surface area contributed by atoms with Gasteiger partial charge in [-0.15, -0.1) is 5.10 Å². The van der Waals surface area contributed by atoms with E-state index in [4.69, 9.17) is 17.3 Å². The second-order valence-corrected chi connectivity index (χ2v) is 12.4. The van der Waals surface area contributed by atoms with Crippen molar-refractivity contribution in [2.75, 3.05) is 0 Å². The highest BCUT2D eigenvalue weighted by Crippen LogP contribution is 2.41. The highest BCUT2D eigenvalue weighted by Gasteiger charge is 2.42. The van der Waals surface area contributed by atoms with E-state index in [1.54, 1.807) is 24.3 Å². The van der Waals surface area contributed by atoms with Crippen LogP contribution < -0.4 is 5.73 Å². The molecule has 2 aliphatic rings. The number of nitrogens with two attached hydrogens (primary N) is 1. The Kier molecular flexibility index (Phi) is 7.91. The number of carbonyl (C=O) groups is 1. The summed E-state index contributed by atoms with van der Waals surface area (Å²) in [7, 11) is 0. The lowest BCUT2D eigenvalue weighted by Gasteiger charge is -2.38. The molecule has 1 unspecified atom stereocenters. The summed E-state index contributed by atoms with van der Waals surface area (Å²) in [6.07, 6.45) is 4.20. The first kappa shape index (κ1) is 30.1. The highest BCUT2D eigenvalue weighted by atomic mass is 35.5. The normalized spacial score (nSPS) is 19.9. The molecule has 1 amide bonds. The molecule has 2 bridgehead atoms. The number of carbonyl (C=O) groups excluding carboxylic acids is 1. The van der Waals surface area contributed by atoms with Gasteiger partial charge in [-0.2, -0.15) is 5.26 Å². The van der Waals surface area contributed by atoms with E-state index < -0.39 is 17.2 Å². The number of piperidine rings is 1. The second kappa shape index (κ2) is 11.5. The van der Waals surface area contributed by atoms with Gasteiger partial charge >= 0.3 is 0 Å². The molecule has 0 radical (unpaired) electrons. The Balaban J connectivity index is 1.48. The van der Waals surface area contributed by atoms with Crippen LogP contribution in [0.15, 0.2) is 42.5 Å². The fourth-order valence-corrected chi connectivity index (χ4v) is 7.05. The van der Waals surface area contributed by atoms with Crippen molar-refractivity contribution in [2.24, 2.45) is 5.73 Å². The van der Waals surface area contributed by atoms with Crippen molar-refractivity contribution in [3.63, 3.8) is 0 Å². The molecule has 0 spiro atoms. The summed E-state index contributed by atoms with van der Waals surface area (Å²) >= 11 is 6.62. The summed E-state index contributed by atoms with van der Waals surface area (Å²) in [5.41, 5.74) is 7.22. The number of hydrogen-bond donors (Lipinski definition) is 2. The van der Waals surface area contributed by atoms with E-state index in [2.05, 4.69) is 10.3 Å². The molecule has 0 saturated carbocycles. The maximum atomic E-state index is 16.2. The lowest BCUT2D eigenvalue weighted by molar-refractivity contribution is 0.0125. The van der Waals surface area contributed by atoms with Crippen molar-refractivity contribution < 1.29 is 18.7 Å². The van der Waals surface area contributed by atoms with Gasteiger partial charge in [0.2, 0.25) is 0 Å². The van der Waals surface area contributed by atoms with Crippen LogP contribution in [0.1, 0.15) is 68.3 Å². The minimum Gasteiger partial charge on any atom is -0.388 e. The first-order chi connectivity index (χ1) is 21.1. The van der Waals surface area contributed by atoms with Gasteiger partial charge in [-0.3, -0.25) is 4.79 Å². The second-order valence-electron chi connectivity index (χ2n) is 12.0. The number of aliphatic hydroxyl groups is 1. The van der Waals surface area contributed by atoms with Gasteiger partial charge in [0.15, 0.2) is 5.82 Å². The first-order valence-electron chi connectivity index (χ1n) is 14.9. The molecule has 11 heteroatoms. The zero-order chi connectivity index (χ0) is 31.3. The zero-order valence-corrected chi connectivity index (χ0v) is 25.3. The number of aromatic nitrogens is 3. The molecule has 44 heavy (non-hydrogen) atoms. The van der Waals surface area contributed by atoms with Gasteiger partial charge in [-0.25, -0.2) is 13.5 Å². The van der Waals surface area contributed by atoms with Gasteiger partial charge in [-0.1, -0.05) is 42.8 Å². The van der Waals surface area contributed by atoms with Crippen molar-refractivity contribution in [3.8, 4) is 28.3 Å². The molecule has 228 valence electrons. The summed E-state index contributed by atoms with van der Waals surface area (Å²) in [5.74, 6) is -1.62. The largest absolute Gasteiger partial charge is 0.388 e. The molecule has 1 aromatic heterocycles. The van der Waals surface area contributed by atoms with E-state index >= 15 is 4.39 Å².